The first kappa shape index (κ1) is 26.0. The predicted octanol–water partition coefficient (Wildman–Crippen LogP) is -2.74. The Morgan fingerprint density at radius 3 is 2.42 bits per heavy atom. The fraction of sp³-hybridized carbons (Fsp3) is 0.714. The molecule has 0 amide bonds. The molecule has 188 valence electrons. The Balaban J connectivity index is 1.66. The maximum atomic E-state index is 10.3. The van der Waals surface area contributed by atoms with Gasteiger partial charge >= 0.3 is 0 Å². The Bertz CT molecular complexity index is 763. The summed E-state index contributed by atoms with van der Waals surface area (Å²) in [5.74, 6) is 0.570. The third-order valence-corrected chi connectivity index (χ3v) is 5.77. The molecule has 0 saturated carbocycles. The quantitative estimate of drug-likeness (QED) is 0.185. The van der Waals surface area contributed by atoms with Gasteiger partial charge in [-0.25, -0.2) is 0 Å². The van der Waals surface area contributed by atoms with Crippen LogP contribution in [0.3, 0.4) is 0 Å². The first-order valence-corrected chi connectivity index (χ1v) is 10.6. The second-order valence-electron chi connectivity index (χ2n) is 8.16. The predicted molar refractivity (Wildman–Crippen MR) is 109 cm³/mol. The van der Waals surface area contributed by atoms with Crippen molar-refractivity contribution in [2.75, 3.05) is 33.5 Å². The van der Waals surface area contributed by atoms with E-state index in [1.54, 1.807) is 18.2 Å². The minimum Gasteiger partial charge on any atom is -0.493 e. The third-order valence-electron chi connectivity index (χ3n) is 5.77. The van der Waals surface area contributed by atoms with Crippen molar-refractivity contribution in [2.45, 2.75) is 61.5 Å². The summed E-state index contributed by atoms with van der Waals surface area (Å²) < 4.78 is 27.2. The van der Waals surface area contributed by atoms with Crippen LogP contribution < -0.4 is 9.47 Å². The molecule has 7 N–H and O–H groups in total. The maximum absolute atomic E-state index is 10.3. The number of methoxy groups -OCH3 is 1. The van der Waals surface area contributed by atoms with Crippen molar-refractivity contribution in [3.8, 4) is 11.5 Å². The maximum Gasteiger partial charge on any atom is 0.229 e. The van der Waals surface area contributed by atoms with Crippen LogP contribution in [-0.4, -0.2) is 118 Å². The van der Waals surface area contributed by atoms with E-state index in [1.807, 2.05) is 0 Å². The molecule has 33 heavy (non-hydrogen) atoms. The number of benzene rings is 1. The summed E-state index contributed by atoms with van der Waals surface area (Å²) in [7, 11) is 1.44. The highest BCUT2D eigenvalue weighted by Crippen LogP contribution is 2.33. The van der Waals surface area contributed by atoms with Gasteiger partial charge in [0.05, 0.1) is 26.9 Å². The standard InChI is InChI=1S/C21H32O12/c1-29-13-7-11(3-2-6-22)4-5-12(13)32-19-17(26)16(25)15(24)14(33-19)8-30-20-18(27)21(28,9-23)10-31-20/h4-5,7,14-20,22-28H,2-3,6,8-10H2,1H3/t14-,15-,16+,17-,18+,19-,20-,21-/m1/s1. The van der Waals surface area contributed by atoms with E-state index in [9.17, 15) is 30.6 Å². The lowest BCUT2D eigenvalue weighted by Crippen LogP contribution is -2.60. The van der Waals surface area contributed by atoms with Gasteiger partial charge in [0.15, 0.2) is 17.8 Å². The molecular weight excluding hydrogens is 444 g/mol. The van der Waals surface area contributed by atoms with Crippen molar-refractivity contribution in [3.63, 3.8) is 0 Å². The van der Waals surface area contributed by atoms with Crippen molar-refractivity contribution in [2.24, 2.45) is 0 Å². The summed E-state index contributed by atoms with van der Waals surface area (Å²) in [6, 6.07) is 5.08. The number of rotatable bonds is 10. The van der Waals surface area contributed by atoms with Gasteiger partial charge in [-0.2, -0.15) is 0 Å². The summed E-state index contributed by atoms with van der Waals surface area (Å²) in [4.78, 5) is 0. The third kappa shape index (κ3) is 5.74. The Hall–Kier alpha value is -1.58. The molecule has 0 unspecified atom stereocenters. The van der Waals surface area contributed by atoms with Crippen LogP contribution in [0.25, 0.3) is 0 Å². The molecule has 2 fully saturated rings. The number of aryl methyl sites for hydroxylation is 1. The SMILES string of the molecule is COc1cc(CCCO)ccc1O[C@@H]1O[C@H](CO[C@@H]2OC[C@](O)(CO)[C@H]2O)[C@@H](O)[C@H](O)[C@H]1O. The summed E-state index contributed by atoms with van der Waals surface area (Å²) >= 11 is 0. The molecule has 2 saturated heterocycles. The normalized spacial score (nSPS) is 36.7. The van der Waals surface area contributed by atoms with Gasteiger partial charge in [-0.3, -0.25) is 0 Å². The largest absolute Gasteiger partial charge is 0.493 e. The molecule has 12 heteroatoms. The fourth-order valence-corrected chi connectivity index (χ4v) is 3.65. The van der Waals surface area contributed by atoms with Gasteiger partial charge in [0, 0.05) is 6.61 Å². The number of aliphatic hydroxyl groups is 7. The molecule has 12 nitrogen and oxygen atoms in total. The van der Waals surface area contributed by atoms with Crippen molar-refractivity contribution in [3.05, 3.63) is 23.8 Å². The first-order chi connectivity index (χ1) is 15.7. The molecule has 0 aromatic heterocycles. The topological polar surface area (TPSA) is 188 Å². The summed E-state index contributed by atoms with van der Waals surface area (Å²) in [5.41, 5.74) is -0.976. The lowest BCUT2D eigenvalue weighted by Gasteiger charge is -2.40. The van der Waals surface area contributed by atoms with E-state index in [0.717, 1.165) is 5.56 Å². The monoisotopic (exact) mass is 476 g/mol. The number of ether oxygens (including phenoxy) is 5. The molecule has 0 bridgehead atoms. The van der Waals surface area contributed by atoms with Crippen LogP contribution in [0.15, 0.2) is 18.2 Å². The van der Waals surface area contributed by atoms with Gasteiger partial charge in [0.2, 0.25) is 6.29 Å². The van der Waals surface area contributed by atoms with Crippen LogP contribution in [0.1, 0.15) is 12.0 Å². The molecule has 1 aromatic rings. The zero-order valence-electron chi connectivity index (χ0n) is 18.2. The molecule has 3 rings (SSSR count). The average Bonchev–Trinajstić information content (AvgIpc) is 3.11. The van der Waals surface area contributed by atoms with E-state index in [4.69, 9.17) is 28.8 Å². The molecule has 2 aliphatic heterocycles. The molecule has 0 aliphatic carbocycles. The van der Waals surface area contributed by atoms with Crippen LogP contribution in [0, 0.1) is 0 Å². The Labute approximate surface area is 190 Å². The lowest BCUT2D eigenvalue weighted by atomic mass is 9.99. The number of hydrogen-bond acceptors (Lipinski definition) is 12. The average molecular weight is 476 g/mol. The van der Waals surface area contributed by atoms with Crippen molar-refractivity contribution in [1.82, 2.24) is 0 Å². The summed E-state index contributed by atoms with van der Waals surface area (Å²) in [5, 5.41) is 69.2. The summed E-state index contributed by atoms with van der Waals surface area (Å²) in [6.45, 7) is -1.43. The van der Waals surface area contributed by atoms with Crippen LogP contribution in [0.2, 0.25) is 0 Å². The van der Waals surface area contributed by atoms with E-state index in [1.165, 1.54) is 7.11 Å². The molecule has 2 heterocycles. The second-order valence-corrected chi connectivity index (χ2v) is 8.16. The molecular formula is C21H32O12. The van der Waals surface area contributed by atoms with Crippen molar-refractivity contribution < 1.29 is 59.4 Å². The molecule has 2 aliphatic rings. The van der Waals surface area contributed by atoms with Gasteiger partial charge in [-0.15, -0.1) is 0 Å². The zero-order valence-corrected chi connectivity index (χ0v) is 18.2. The summed E-state index contributed by atoms with van der Waals surface area (Å²) in [6.07, 6.45) is -8.97. The second kappa shape index (κ2) is 11.2. The Morgan fingerprint density at radius 1 is 1.03 bits per heavy atom. The van der Waals surface area contributed by atoms with Crippen LogP contribution in [0.4, 0.5) is 0 Å². The van der Waals surface area contributed by atoms with Gasteiger partial charge < -0.3 is 59.4 Å². The van der Waals surface area contributed by atoms with Crippen LogP contribution in [0.5, 0.6) is 11.5 Å². The molecule has 0 spiro atoms. The van der Waals surface area contributed by atoms with E-state index < -0.39 is 55.3 Å². The Kier molecular flexibility index (Phi) is 8.86. The number of hydrogen-bond donors (Lipinski definition) is 7. The van der Waals surface area contributed by atoms with Crippen LogP contribution >= 0.6 is 0 Å². The van der Waals surface area contributed by atoms with Crippen molar-refractivity contribution in [1.29, 1.82) is 0 Å². The van der Waals surface area contributed by atoms with Gasteiger partial charge in [0.25, 0.3) is 0 Å². The zero-order chi connectivity index (χ0) is 24.2. The fourth-order valence-electron chi connectivity index (χ4n) is 3.65. The number of aliphatic hydroxyl groups excluding tert-OH is 6. The van der Waals surface area contributed by atoms with E-state index in [2.05, 4.69) is 0 Å². The Morgan fingerprint density at radius 2 is 1.79 bits per heavy atom. The molecule has 1 aromatic carbocycles. The van der Waals surface area contributed by atoms with Gasteiger partial charge in [0.1, 0.15) is 36.1 Å². The highest BCUT2D eigenvalue weighted by Gasteiger charge is 2.50. The highest BCUT2D eigenvalue weighted by molar-refractivity contribution is 5.43. The molecule has 8 atom stereocenters. The minimum absolute atomic E-state index is 0.0502. The van der Waals surface area contributed by atoms with Gasteiger partial charge in [-0.1, -0.05) is 6.07 Å². The van der Waals surface area contributed by atoms with Crippen LogP contribution in [-0.2, 0) is 20.6 Å². The van der Waals surface area contributed by atoms with Crippen molar-refractivity contribution >= 4 is 0 Å². The first-order valence-electron chi connectivity index (χ1n) is 10.6. The lowest BCUT2D eigenvalue weighted by molar-refractivity contribution is -0.289. The minimum atomic E-state index is -1.88. The van der Waals surface area contributed by atoms with E-state index >= 15 is 0 Å². The van der Waals surface area contributed by atoms with Gasteiger partial charge in [-0.05, 0) is 30.5 Å². The molecule has 0 radical (unpaired) electrons. The van der Waals surface area contributed by atoms with E-state index in [-0.39, 0.29) is 25.6 Å². The highest BCUT2D eigenvalue weighted by atomic mass is 16.7. The smallest absolute Gasteiger partial charge is 0.229 e. The van der Waals surface area contributed by atoms with E-state index in [0.29, 0.717) is 18.6 Å².